The monoisotopic (exact) mass is 356 g/mol. The third-order valence-corrected chi connectivity index (χ3v) is 4.14. The molecule has 0 aliphatic rings. The second-order valence-corrected chi connectivity index (χ2v) is 6.57. The van der Waals surface area contributed by atoms with Gasteiger partial charge in [0, 0.05) is 0 Å². The zero-order valence-electron chi connectivity index (χ0n) is 16.1. The van der Waals surface area contributed by atoms with Crippen molar-refractivity contribution in [2.45, 2.75) is 45.9 Å². The van der Waals surface area contributed by atoms with Gasteiger partial charge in [-0.25, -0.2) is 4.79 Å². The quantitative estimate of drug-likeness (QED) is 0.713. The second-order valence-electron chi connectivity index (χ2n) is 6.57. The number of hydrogen-bond acceptors (Lipinski definition) is 3. The molecule has 2 N–H and O–H groups in total. The van der Waals surface area contributed by atoms with Crippen LogP contribution in [0.1, 0.15) is 50.8 Å². The number of methoxy groups -OCH3 is 1. The summed E-state index contributed by atoms with van der Waals surface area (Å²) in [6.07, 6.45) is -0.446. The molecule has 140 valence electrons. The Labute approximate surface area is 155 Å². The van der Waals surface area contributed by atoms with E-state index in [9.17, 15) is 4.79 Å². The van der Waals surface area contributed by atoms with Gasteiger partial charge in [-0.3, -0.25) is 0 Å². The fourth-order valence-corrected chi connectivity index (χ4v) is 2.68. The maximum Gasteiger partial charge on any atom is 0.318 e. The Morgan fingerprint density at radius 2 is 1.58 bits per heavy atom. The van der Waals surface area contributed by atoms with E-state index in [2.05, 4.69) is 24.5 Å². The molecule has 2 rings (SSSR count). The first-order chi connectivity index (χ1) is 12.4. The van der Waals surface area contributed by atoms with Crippen LogP contribution in [0.3, 0.4) is 0 Å². The molecule has 0 aliphatic heterocycles. The molecule has 0 heterocycles. The van der Waals surface area contributed by atoms with Gasteiger partial charge in [0.05, 0.1) is 13.2 Å². The molecule has 26 heavy (non-hydrogen) atoms. The topological polar surface area (TPSA) is 59.6 Å². The molecule has 2 aromatic rings. The molecule has 2 unspecified atom stereocenters. The number of rotatable bonds is 7. The molecule has 0 aliphatic carbocycles. The molecule has 2 amide bonds. The molecule has 0 aromatic heterocycles. The Kier molecular flexibility index (Phi) is 6.89. The third-order valence-electron chi connectivity index (χ3n) is 4.14. The molecule has 2 atom stereocenters. The first-order valence-corrected chi connectivity index (χ1v) is 8.87. The predicted molar refractivity (Wildman–Crippen MR) is 104 cm³/mol. The van der Waals surface area contributed by atoms with E-state index < -0.39 is 6.23 Å². The minimum atomic E-state index is -0.446. The summed E-state index contributed by atoms with van der Waals surface area (Å²) in [5, 5.41) is 5.74. The van der Waals surface area contributed by atoms with Gasteiger partial charge in [-0.1, -0.05) is 44.2 Å². The molecule has 0 saturated heterocycles. The highest BCUT2D eigenvalue weighted by molar-refractivity contribution is 5.74. The van der Waals surface area contributed by atoms with Gasteiger partial charge in [0.1, 0.15) is 11.5 Å². The van der Waals surface area contributed by atoms with Crippen molar-refractivity contribution in [3.05, 3.63) is 59.7 Å². The first-order valence-electron chi connectivity index (χ1n) is 8.87. The Hall–Kier alpha value is -2.69. The largest absolute Gasteiger partial charge is 0.497 e. The lowest BCUT2D eigenvalue weighted by atomic mass is 10.0. The van der Waals surface area contributed by atoms with E-state index in [1.54, 1.807) is 7.11 Å². The van der Waals surface area contributed by atoms with Gasteiger partial charge in [0.15, 0.2) is 6.23 Å². The maximum atomic E-state index is 12.2. The van der Waals surface area contributed by atoms with Crippen molar-refractivity contribution in [3.8, 4) is 11.5 Å². The predicted octanol–water partition coefficient (Wildman–Crippen LogP) is 4.60. The number of benzene rings is 2. The van der Waals surface area contributed by atoms with Gasteiger partial charge in [-0.05, 0) is 49.1 Å². The smallest absolute Gasteiger partial charge is 0.318 e. The van der Waals surface area contributed by atoms with E-state index in [4.69, 9.17) is 9.47 Å². The van der Waals surface area contributed by atoms with E-state index in [0.29, 0.717) is 5.92 Å². The van der Waals surface area contributed by atoms with Crippen LogP contribution in [0.5, 0.6) is 11.5 Å². The van der Waals surface area contributed by atoms with Crippen molar-refractivity contribution in [2.24, 2.45) is 0 Å². The van der Waals surface area contributed by atoms with Gasteiger partial charge in [-0.15, -0.1) is 0 Å². The van der Waals surface area contributed by atoms with Gasteiger partial charge >= 0.3 is 6.03 Å². The number of hydrogen-bond donors (Lipinski definition) is 2. The zero-order chi connectivity index (χ0) is 19.1. The van der Waals surface area contributed by atoms with Crippen molar-refractivity contribution in [1.82, 2.24) is 10.6 Å². The van der Waals surface area contributed by atoms with Crippen LogP contribution >= 0.6 is 0 Å². The molecule has 0 fully saturated rings. The van der Waals surface area contributed by atoms with Crippen molar-refractivity contribution >= 4 is 6.03 Å². The standard InChI is InChI=1S/C21H28N2O3/c1-14(2)19-8-6-7-9-20(19)26-16(4)23-21(24)22-15(3)17-10-12-18(25-5)13-11-17/h6-16H,1-5H3,(H2,22,23,24). The average molecular weight is 356 g/mol. The molecule has 0 saturated carbocycles. The van der Waals surface area contributed by atoms with E-state index in [1.165, 1.54) is 0 Å². The fraction of sp³-hybridized carbons (Fsp3) is 0.381. The number of carbonyl (C=O) groups is 1. The highest BCUT2D eigenvalue weighted by atomic mass is 16.5. The first kappa shape index (κ1) is 19.6. The maximum absolute atomic E-state index is 12.2. The number of para-hydroxylation sites is 1. The minimum Gasteiger partial charge on any atom is -0.497 e. The molecule has 0 bridgehead atoms. The van der Waals surface area contributed by atoms with Gasteiger partial charge in [0.25, 0.3) is 0 Å². The normalized spacial score (nSPS) is 13.0. The summed E-state index contributed by atoms with van der Waals surface area (Å²) in [6, 6.07) is 15.1. The Morgan fingerprint density at radius 3 is 2.19 bits per heavy atom. The van der Waals surface area contributed by atoms with Crippen LogP contribution in [0.4, 0.5) is 4.79 Å². The second kappa shape index (κ2) is 9.13. The van der Waals surface area contributed by atoms with Crippen LogP contribution in [0, 0.1) is 0 Å². The summed E-state index contributed by atoms with van der Waals surface area (Å²) in [6.45, 7) is 7.97. The van der Waals surface area contributed by atoms with Gasteiger partial charge in [-0.2, -0.15) is 0 Å². The lowest BCUT2D eigenvalue weighted by Crippen LogP contribution is -2.44. The van der Waals surface area contributed by atoms with E-state index in [-0.39, 0.29) is 12.1 Å². The number of nitrogens with one attached hydrogen (secondary N) is 2. The summed E-state index contributed by atoms with van der Waals surface area (Å²) in [7, 11) is 1.63. The number of carbonyl (C=O) groups excluding carboxylic acids is 1. The van der Waals surface area contributed by atoms with Gasteiger partial charge < -0.3 is 20.1 Å². The lowest BCUT2D eigenvalue weighted by Gasteiger charge is -2.21. The van der Waals surface area contributed by atoms with Crippen molar-refractivity contribution in [1.29, 1.82) is 0 Å². The minimum absolute atomic E-state index is 0.129. The number of ether oxygens (including phenoxy) is 2. The SMILES string of the molecule is COc1ccc(C(C)NC(=O)NC(C)Oc2ccccc2C(C)C)cc1. The van der Waals surface area contributed by atoms with E-state index in [0.717, 1.165) is 22.6 Å². The van der Waals surface area contributed by atoms with E-state index in [1.807, 2.05) is 62.4 Å². The van der Waals surface area contributed by atoms with Crippen LogP contribution in [-0.4, -0.2) is 19.4 Å². The summed E-state index contributed by atoms with van der Waals surface area (Å²) in [4.78, 5) is 12.2. The zero-order valence-corrected chi connectivity index (χ0v) is 16.1. The molecule has 5 heteroatoms. The van der Waals surface area contributed by atoms with Gasteiger partial charge in [0.2, 0.25) is 0 Å². The Balaban J connectivity index is 1.90. The summed E-state index contributed by atoms with van der Waals surface area (Å²) >= 11 is 0. The summed E-state index contributed by atoms with van der Waals surface area (Å²) in [5.41, 5.74) is 2.12. The highest BCUT2D eigenvalue weighted by Gasteiger charge is 2.14. The van der Waals surface area contributed by atoms with Crippen molar-refractivity contribution in [3.63, 3.8) is 0 Å². The van der Waals surface area contributed by atoms with Crippen LogP contribution in [0.25, 0.3) is 0 Å². The van der Waals surface area contributed by atoms with E-state index >= 15 is 0 Å². The molecule has 2 aromatic carbocycles. The Morgan fingerprint density at radius 1 is 0.923 bits per heavy atom. The summed E-state index contributed by atoms with van der Waals surface area (Å²) < 4.78 is 11.1. The van der Waals surface area contributed by atoms with Crippen LogP contribution < -0.4 is 20.1 Å². The third kappa shape index (κ3) is 5.41. The highest BCUT2D eigenvalue weighted by Crippen LogP contribution is 2.26. The molecular weight excluding hydrogens is 328 g/mol. The number of urea groups is 1. The fourth-order valence-electron chi connectivity index (χ4n) is 2.68. The van der Waals surface area contributed by atoms with Crippen LogP contribution in [-0.2, 0) is 0 Å². The number of amides is 2. The Bertz CT molecular complexity index is 713. The van der Waals surface area contributed by atoms with Crippen LogP contribution in [0.2, 0.25) is 0 Å². The summed E-state index contributed by atoms with van der Waals surface area (Å²) in [5.74, 6) is 1.93. The lowest BCUT2D eigenvalue weighted by molar-refractivity contribution is 0.174. The van der Waals surface area contributed by atoms with Crippen molar-refractivity contribution in [2.75, 3.05) is 7.11 Å². The average Bonchev–Trinajstić information content (AvgIpc) is 2.61. The molecule has 5 nitrogen and oxygen atoms in total. The van der Waals surface area contributed by atoms with Crippen LogP contribution in [0.15, 0.2) is 48.5 Å². The molecule has 0 radical (unpaired) electrons. The molecule has 0 spiro atoms. The molecular formula is C21H28N2O3. The van der Waals surface area contributed by atoms with Crippen molar-refractivity contribution < 1.29 is 14.3 Å².